The predicted octanol–water partition coefficient (Wildman–Crippen LogP) is 5.75. The van der Waals surface area contributed by atoms with Crippen molar-refractivity contribution in [3.8, 4) is 11.3 Å². The summed E-state index contributed by atoms with van der Waals surface area (Å²) in [5.74, 6) is -0.115. The van der Waals surface area contributed by atoms with Crippen LogP contribution in [0.4, 0.5) is 0 Å². The number of aryl methyl sites for hydroxylation is 2. The van der Waals surface area contributed by atoms with Gasteiger partial charge in [-0.25, -0.2) is 9.48 Å². The summed E-state index contributed by atoms with van der Waals surface area (Å²) in [6, 6.07) is 16.4. The summed E-state index contributed by atoms with van der Waals surface area (Å²) < 4.78 is 14.8. The van der Waals surface area contributed by atoms with Gasteiger partial charge in [0.25, 0.3) is 0 Å². The van der Waals surface area contributed by atoms with Crippen LogP contribution in [-0.4, -0.2) is 50.8 Å². The fourth-order valence-corrected chi connectivity index (χ4v) is 6.12. The first-order valence-corrected chi connectivity index (χ1v) is 13.1. The van der Waals surface area contributed by atoms with E-state index in [0.29, 0.717) is 29.7 Å². The van der Waals surface area contributed by atoms with Gasteiger partial charge in [0, 0.05) is 37.4 Å². The Bertz CT molecular complexity index is 1630. The molecule has 2 aromatic carbocycles. The topological polar surface area (TPSA) is 84.1 Å². The van der Waals surface area contributed by atoms with E-state index in [1.165, 1.54) is 12.7 Å². The Balaban J connectivity index is 1.72. The van der Waals surface area contributed by atoms with E-state index in [0.717, 1.165) is 51.7 Å². The largest absolute Gasteiger partial charge is 0.465 e. The number of hydrogen-bond acceptors (Lipinski definition) is 6. The first-order chi connectivity index (χ1) is 18.5. The number of aromatic nitrogens is 5. The minimum absolute atomic E-state index is 0.0214. The molecule has 8 nitrogen and oxygen atoms in total. The van der Waals surface area contributed by atoms with E-state index >= 15 is 0 Å². The molecule has 1 aliphatic heterocycles. The Morgan fingerprint density at radius 2 is 1.89 bits per heavy atom. The molecule has 1 aliphatic rings. The van der Waals surface area contributed by atoms with Crippen LogP contribution in [0.5, 0.6) is 0 Å². The van der Waals surface area contributed by atoms with Crippen LogP contribution in [0.25, 0.3) is 33.2 Å². The van der Waals surface area contributed by atoms with Gasteiger partial charge in [-0.15, -0.1) is 5.10 Å². The summed E-state index contributed by atoms with van der Waals surface area (Å²) in [6.45, 7) is 3.36. The maximum atomic E-state index is 12.5. The number of ether oxygens (including phenoxy) is 2. The molecular weight excluding hydrogens is 502 g/mol. The lowest BCUT2D eigenvalue weighted by Gasteiger charge is -2.33. The van der Waals surface area contributed by atoms with Crippen molar-refractivity contribution >= 4 is 39.5 Å². The second-order valence-corrected chi connectivity index (χ2v) is 10.2. The second kappa shape index (κ2) is 9.85. The lowest BCUT2D eigenvalue weighted by atomic mass is 9.86. The molecule has 1 saturated heterocycles. The molecule has 38 heavy (non-hydrogen) atoms. The molecule has 0 radical (unpaired) electrons. The number of nitrogens with zero attached hydrogens (tertiary/aromatic N) is 5. The third-order valence-corrected chi connectivity index (χ3v) is 7.81. The molecule has 0 spiro atoms. The summed E-state index contributed by atoms with van der Waals surface area (Å²) in [4.78, 5) is 17.3. The number of esters is 1. The van der Waals surface area contributed by atoms with E-state index in [1.54, 1.807) is 10.9 Å². The molecule has 6 rings (SSSR count). The number of pyridine rings is 1. The Morgan fingerprint density at radius 1 is 1.13 bits per heavy atom. The number of hydrogen-bond donors (Lipinski definition) is 0. The van der Waals surface area contributed by atoms with Crippen LogP contribution in [0.2, 0.25) is 5.02 Å². The van der Waals surface area contributed by atoms with Gasteiger partial charge >= 0.3 is 5.97 Å². The van der Waals surface area contributed by atoms with Gasteiger partial charge in [-0.2, -0.15) is 0 Å². The van der Waals surface area contributed by atoms with Gasteiger partial charge in [0.15, 0.2) is 0 Å². The molecule has 3 aromatic heterocycles. The highest BCUT2D eigenvalue weighted by atomic mass is 35.5. The third kappa shape index (κ3) is 4.04. The molecule has 0 aliphatic carbocycles. The number of halogens is 1. The van der Waals surface area contributed by atoms with Crippen molar-refractivity contribution in [1.82, 2.24) is 24.5 Å². The lowest BCUT2D eigenvalue weighted by molar-refractivity contribution is 0.0553. The van der Waals surface area contributed by atoms with Gasteiger partial charge in [-0.1, -0.05) is 47.1 Å². The van der Waals surface area contributed by atoms with E-state index in [4.69, 9.17) is 26.1 Å². The van der Waals surface area contributed by atoms with E-state index < -0.39 is 5.97 Å². The Labute approximate surface area is 225 Å². The molecule has 1 atom stereocenters. The highest BCUT2D eigenvalue weighted by Gasteiger charge is 2.31. The highest BCUT2D eigenvalue weighted by Crippen LogP contribution is 2.43. The Hall–Kier alpha value is -3.75. The second-order valence-electron chi connectivity index (χ2n) is 9.76. The number of benzene rings is 2. The molecule has 5 aromatic rings. The Kier molecular flexibility index (Phi) is 6.37. The van der Waals surface area contributed by atoms with Crippen molar-refractivity contribution in [3.63, 3.8) is 0 Å². The van der Waals surface area contributed by atoms with Gasteiger partial charge in [-0.05, 0) is 49.4 Å². The molecule has 0 bridgehead atoms. The summed E-state index contributed by atoms with van der Waals surface area (Å²) in [5.41, 5.74) is 6.74. The van der Waals surface area contributed by atoms with Crippen LogP contribution >= 0.6 is 11.6 Å². The van der Waals surface area contributed by atoms with Crippen molar-refractivity contribution in [2.24, 2.45) is 13.0 Å². The van der Waals surface area contributed by atoms with Crippen molar-refractivity contribution in [2.45, 2.75) is 25.8 Å². The molecule has 1 unspecified atom stereocenters. The quantitative estimate of drug-likeness (QED) is 0.270. The number of fused-ring (bicyclic) bond motifs is 3. The average molecular weight is 530 g/mol. The molecule has 0 amide bonds. The zero-order valence-corrected chi connectivity index (χ0v) is 22.3. The third-order valence-electron chi connectivity index (χ3n) is 7.51. The van der Waals surface area contributed by atoms with Gasteiger partial charge in [0.2, 0.25) is 0 Å². The maximum absolute atomic E-state index is 12.5. The summed E-state index contributed by atoms with van der Waals surface area (Å²) in [7, 11) is 3.26. The molecule has 0 N–H and O–H groups in total. The number of carbonyl (C=O) groups excluding carboxylic acids is 1. The SMILES string of the molecule is COC(=O)c1cnc2c3c(Cl)cc(-c4c(C)nnn4C)cc3n(C(c3ccccc3)C3CCOCC3)c2c1. The first kappa shape index (κ1) is 24.6. The van der Waals surface area contributed by atoms with Crippen LogP contribution in [0.15, 0.2) is 54.7 Å². The zero-order chi connectivity index (χ0) is 26.4. The van der Waals surface area contributed by atoms with Gasteiger partial charge < -0.3 is 14.0 Å². The predicted molar refractivity (Wildman–Crippen MR) is 146 cm³/mol. The lowest BCUT2D eigenvalue weighted by Crippen LogP contribution is -2.27. The van der Waals surface area contributed by atoms with Crippen molar-refractivity contribution in [1.29, 1.82) is 0 Å². The van der Waals surface area contributed by atoms with Crippen LogP contribution in [0.1, 0.15) is 40.5 Å². The minimum Gasteiger partial charge on any atom is -0.465 e. The minimum atomic E-state index is -0.429. The zero-order valence-electron chi connectivity index (χ0n) is 21.5. The van der Waals surface area contributed by atoms with Crippen LogP contribution in [0, 0.1) is 12.8 Å². The molecular formula is C29H28ClN5O3. The standard InChI is InChI=1S/C29H28ClN5O3/c1-17-27(34(2)33-32-17)20-13-22(30)25-23(14-20)35(24-15-21(29(36)37-3)16-31-26(24)25)28(18-7-5-4-6-8-18)19-9-11-38-12-10-19/h4-8,13-16,19,28H,9-12H2,1-3H3. The van der Waals surface area contributed by atoms with Crippen molar-refractivity contribution in [2.75, 3.05) is 20.3 Å². The number of rotatable bonds is 5. The molecule has 9 heteroatoms. The van der Waals surface area contributed by atoms with Gasteiger partial charge in [0.05, 0.1) is 51.7 Å². The molecule has 194 valence electrons. The normalized spacial score (nSPS) is 15.3. The number of carbonyl (C=O) groups is 1. The summed E-state index contributed by atoms with van der Waals surface area (Å²) in [5, 5.41) is 9.88. The maximum Gasteiger partial charge on any atom is 0.339 e. The fourth-order valence-electron chi connectivity index (χ4n) is 5.81. The first-order valence-electron chi connectivity index (χ1n) is 12.7. The highest BCUT2D eigenvalue weighted by molar-refractivity contribution is 6.38. The summed E-state index contributed by atoms with van der Waals surface area (Å²) >= 11 is 7.03. The van der Waals surface area contributed by atoms with E-state index in [2.05, 4.69) is 45.2 Å². The van der Waals surface area contributed by atoms with E-state index in [9.17, 15) is 4.79 Å². The monoisotopic (exact) mass is 529 g/mol. The van der Waals surface area contributed by atoms with Crippen LogP contribution in [-0.2, 0) is 16.5 Å². The van der Waals surface area contributed by atoms with E-state index in [1.807, 2.05) is 32.2 Å². The smallest absolute Gasteiger partial charge is 0.339 e. The Morgan fingerprint density at radius 3 is 2.58 bits per heavy atom. The fraction of sp³-hybridized carbons (Fsp3) is 0.310. The number of methoxy groups -OCH3 is 1. The van der Waals surface area contributed by atoms with Gasteiger partial charge in [-0.3, -0.25) is 4.98 Å². The van der Waals surface area contributed by atoms with Crippen molar-refractivity contribution in [3.05, 3.63) is 76.6 Å². The molecule has 1 fully saturated rings. The van der Waals surface area contributed by atoms with Gasteiger partial charge in [0.1, 0.15) is 0 Å². The van der Waals surface area contributed by atoms with Crippen LogP contribution in [0.3, 0.4) is 0 Å². The van der Waals surface area contributed by atoms with Crippen molar-refractivity contribution < 1.29 is 14.3 Å². The van der Waals surface area contributed by atoms with E-state index in [-0.39, 0.29) is 6.04 Å². The molecule has 4 heterocycles. The summed E-state index contributed by atoms with van der Waals surface area (Å²) in [6.07, 6.45) is 3.40. The molecule has 0 saturated carbocycles. The van der Waals surface area contributed by atoms with Crippen LogP contribution < -0.4 is 0 Å². The average Bonchev–Trinajstić information content (AvgIpc) is 3.45.